The van der Waals surface area contributed by atoms with Crippen molar-refractivity contribution >= 4 is 50.2 Å². The Morgan fingerprint density at radius 3 is 2.48 bits per heavy atom. The van der Waals surface area contributed by atoms with Gasteiger partial charge >= 0.3 is 5.97 Å². The molecule has 2 aromatic rings. The molecule has 0 aromatic heterocycles. The second-order valence-electron chi connectivity index (χ2n) is 7.08. The highest BCUT2D eigenvalue weighted by Gasteiger charge is 2.28. The highest BCUT2D eigenvalue weighted by Crippen LogP contribution is 2.23. The quantitative estimate of drug-likeness (QED) is 0.433. The van der Waals surface area contributed by atoms with Crippen molar-refractivity contribution in [3.05, 3.63) is 56.7 Å². The van der Waals surface area contributed by atoms with Gasteiger partial charge in [0.2, 0.25) is 10.0 Å². The number of ether oxygens (including phenoxy) is 2. The lowest BCUT2D eigenvalue weighted by Gasteiger charge is -2.26. The van der Waals surface area contributed by atoms with E-state index in [9.17, 15) is 18.0 Å². The molecule has 0 radical (unpaired) electrons. The van der Waals surface area contributed by atoms with E-state index in [0.29, 0.717) is 24.5 Å². The molecule has 10 heteroatoms. The summed E-state index contributed by atoms with van der Waals surface area (Å²) in [5.41, 5.74) is 2.12. The van der Waals surface area contributed by atoms with Gasteiger partial charge in [-0.15, -0.1) is 0 Å². The highest BCUT2D eigenvalue weighted by molar-refractivity contribution is 14.1. The van der Waals surface area contributed by atoms with Crippen LogP contribution in [0, 0.1) is 17.4 Å². The molecule has 0 unspecified atom stereocenters. The minimum atomic E-state index is -3.76. The Morgan fingerprint density at radius 2 is 1.81 bits per heavy atom. The molecular weight excluding hydrogens is 535 g/mol. The molecule has 1 aliphatic heterocycles. The van der Waals surface area contributed by atoms with Gasteiger partial charge in [-0.1, -0.05) is 6.07 Å². The lowest BCUT2D eigenvalue weighted by Crippen LogP contribution is -2.40. The number of benzene rings is 2. The number of amides is 1. The summed E-state index contributed by atoms with van der Waals surface area (Å²) >= 11 is 2.18. The number of aryl methyl sites for hydroxylation is 2. The van der Waals surface area contributed by atoms with Crippen molar-refractivity contribution in [1.29, 1.82) is 0 Å². The van der Waals surface area contributed by atoms with Crippen LogP contribution in [0.2, 0.25) is 0 Å². The molecule has 0 spiro atoms. The van der Waals surface area contributed by atoms with Crippen molar-refractivity contribution in [3.63, 3.8) is 0 Å². The van der Waals surface area contributed by atoms with Gasteiger partial charge in [0.15, 0.2) is 6.61 Å². The fourth-order valence-corrected chi connectivity index (χ4v) is 5.40. The van der Waals surface area contributed by atoms with Crippen LogP contribution in [-0.4, -0.2) is 57.5 Å². The Hall–Kier alpha value is -2.02. The number of anilines is 1. The number of hydrogen-bond donors (Lipinski definition) is 1. The molecule has 31 heavy (non-hydrogen) atoms. The number of hydrogen-bond acceptors (Lipinski definition) is 6. The molecule has 166 valence electrons. The minimum absolute atomic E-state index is 0.0443. The average molecular weight is 558 g/mol. The van der Waals surface area contributed by atoms with Crippen LogP contribution in [-0.2, 0) is 24.3 Å². The Bertz CT molecular complexity index is 1100. The van der Waals surface area contributed by atoms with Crippen LogP contribution in [0.1, 0.15) is 21.5 Å². The molecule has 0 saturated carbocycles. The first-order valence-electron chi connectivity index (χ1n) is 9.60. The summed E-state index contributed by atoms with van der Waals surface area (Å²) in [5, 5.41) is 2.70. The molecule has 1 amide bonds. The van der Waals surface area contributed by atoms with E-state index in [2.05, 4.69) is 27.9 Å². The minimum Gasteiger partial charge on any atom is -0.452 e. The average Bonchev–Trinajstić information content (AvgIpc) is 2.75. The zero-order chi connectivity index (χ0) is 22.6. The number of halogens is 1. The number of morpholine rings is 1. The first-order valence-corrected chi connectivity index (χ1v) is 12.1. The predicted octanol–water partition coefficient (Wildman–Crippen LogP) is 2.72. The smallest absolute Gasteiger partial charge is 0.338 e. The fourth-order valence-electron chi connectivity index (χ4n) is 3.10. The normalized spacial score (nSPS) is 14.8. The monoisotopic (exact) mass is 558 g/mol. The molecule has 8 nitrogen and oxygen atoms in total. The number of esters is 1. The largest absolute Gasteiger partial charge is 0.452 e. The third kappa shape index (κ3) is 5.82. The van der Waals surface area contributed by atoms with Gasteiger partial charge in [-0.3, -0.25) is 4.79 Å². The summed E-state index contributed by atoms with van der Waals surface area (Å²) < 4.78 is 38.6. The Kier molecular flexibility index (Phi) is 7.68. The van der Waals surface area contributed by atoms with Gasteiger partial charge in [-0.2, -0.15) is 4.31 Å². The van der Waals surface area contributed by atoms with E-state index in [1.807, 2.05) is 19.1 Å². The third-order valence-electron chi connectivity index (χ3n) is 4.81. The molecule has 1 N–H and O–H groups in total. The van der Waals surface area contributed by atoms with Crippen LogP contribution >= 0.6 is 22.6 Å². The first kappa shape index (κ1) is 23.6. The Morgan fingerprint density at radius 1 is 1.10 bits per heavy atom. The topological polar surface area (TPSA) is 102 Å². The number of carbonyl (C=O) groups is 2. The number of nitrogens with zero attached hydrogens (tertiary/aromatic N) is 1. The van der Waals surface area contributed by atoms with Crippen molar-refractivity contribution in [2.45, 2.75) is 18.7 Å². The van der Waals surface area contributed by atoms with Crippen molar-refractivity contribution in [2.75, 3.05) is 38.2 Å². The summed E-state index contributed by atoms with van der Waals surface area (Å²) in [6.07, 6.45) is 0. The molecule has 3 rings (SSSR count). The summed E-state index contributed by atoms with van der Waals surface area (Å²) in [6, 6.07) is 9.89. The van der Waals surface area contributed by atoms with Gasteiger partial charge in [0.05, 0.1) is 23.7 Å². The van der Waals surface area contributed by atoms with Crippen LogP contribution in [0.25, 0.3) is 0 Å². The van der Waals surface area contributed by atoms with E-state index in [0.717, 1.165) is 9.13 Å². The van der Waals surface area contributed by atoms with Gasteiger partial charge in [0.1, 0.15) is 0 Å². The van der Waals surface area contributed by atoms with E-state index in [4.69, 9.17) is 9.47 Å². The number of nitrogens with one attached hydrogen (secondary N) is 1. The molecule has 0 aliphatic carbocycles. The van der Waals surface area contributed by atoms with Crippen molar-refractivity contribution in [3.8, 4) is 0 Å². The SMILES string of the molecule is Cc1cc(I)ccc1NC(=O)COC(=O)c1ccc(C)c(S(=O)(=O)N2CCOCC2)c1. The highest BCUT2D eigenvalue weighted by atomic mass is 127. The van der Waals surface area contributed by atoms with Gasteiger partial charge in [-0.25, -0.2) is 13.2 Å². The molecule has 0 atom stereocenters. The van der Waals surface area contributed by atoms with Gasteiger partial charge in [-0.05, 0) is 77.9 Å². The number of carbonyl (C=O) groups excluding carboxylic acids is 2. The lowest BCUT2D eigenvalue weighted by molar-refractivity contribution is -0.119. The number of sulfonamides is 1. The second kappa shape index (κ2) is 10.1. The van der Waals surface area contributed by atoms with Gasteiger partial charge < -0.3 is 14.8 Å². The predicted molar refractivity (Wildman–Crippen MR) is 124 cm³/mol. The molecule has 1 fully saturated rings. The van der Waals surface area contributed by atoms with Crippen LogP contribution in [0.5, 0.6) is 0 Å². The van der Waals surface area contributed by atoms with Crippen LogP contribution in [0.15, 0.2) is 41.3 Å². The van der Waals surface area contributed by atoms with Gasteiger partial charge in [0, 0.05) is 22.3 Å². The summed E-state index contributed by atoms with van der Waals surface area (Å²) in [4.78, 5) is 24.7. The van der Waals surface area contributed by atoms with Crippen molar-refractivity contribution in [2.24, 2.45) is 0 Å². The molecule has 1 aliphatic rings. The maximum atomic E-state index is 13.0. The summed E-state index contributed by atoms with van der Waals surface area (Å²) in [6.45, 7) is 4.23. The summed E-state index contributed by atoms with van der Waals surface area (Å²) in [7, 11) is -3.76. The molecular formula is C21H23IN2O6S. The van der Waals surface area contributed by atoms with Gasteiger partial charge in [0.25, 0.3) is 5.91 Å². The standard InChI is InChI=1S/C21H23IN2O6S/c1-14-3-4-16(12-19(14)31(27,28)24-7-9-29-10-8-24)21(26)30-13-20(25)23-18-6-5-17(22)11-15(18)2/h3-6,11-12H,7-10,13H2,1-2H3,(H,23,25). The first-order chi connectivity index (χ1) is 14.7. The van der Waals surface area contributed by atoms with Crippen molar-refractivity contribution in [1.82, 2.24) is 4.31 Å². The van der Waals surface area contributed by atoms with Crippen LogP contribution < -0.4 is 5.32 Å². The maximum Gasteiger partial charge on any atom is 0.338 e. The third-order valence-corrected chi connectivity index (χ3v) is 7.52. The zero-order valence-corrected chi connectivity index (χ0v) is 20.2. The van der Waals surface area contributed by atoms with E-state index < -0.39 is 28.5 Å². The van der Waals surface area contributed by atoms with E-state index >= 15 is 0 Å². The van der Waals surface area contributed by atoms with Crippen molar-refractivity contribution < 1.29 is 27.5 Å². The maximum absolute atomic E-state index is 13.0. The van der Waals surface area contributed by atoms with Crippen LogP contribution in [0.4, 0.5) is 5.69 Å². The molecule has 2 aromatic carbocycles. The van der Waals surface area contributed by atoms with E-state index in [1.54, 1.807) is 19.1 Å². The Labute approximate surface area is 195 Å². The zero-order valence-electron chi connectivity index (χ0n) is 17.2. The lowest BCUT2D eigenvalue weighted by atomic mass is 10.1. The summed E-state index contributed by atoms with van der Waals surface area (Å²) in [5.74, 6) is -1.25. The molecule has 0 bridgehead atoms. The number of rotatable bonds is 6. The second-order valence-corrected chi connectivity index (χ2v) is 10.2. The van der Waals surface area contributed by atoms with E-state index in [1.165, 1.54) is 16.4 Å². The van der Waals surface area contributed by atoms with Crippen LogP contribution in [0.3, 0.4) is 0 Å². The molecule has 1 heterocycles. The van der Waals surface area contributed by atoms with E-state index in [-0.39, 0.29) is 23.5 Å². The Balaban J connectivity index is 1.68. The fraction of sp³-hybridized carbons (Fsp3) is 0.333. The molecule has 1 saturated heterocycles.